The number of aromatic nitrogens is 3. The number of pyridine rings is 1. The molecule has 1 aliphatic rings. The van der Waals surface area contributed by atoms with Crippen LogP contribution in [-0.4, -0.2) is 54.8 Å². The highest BCUT2D eigenvalue weighted by Gasteiger charge is 2.43. The molecular weight excluding hydrogens is 270 g/mol. The van der Waals surface area contributed by atoms with Crippen LogP contribution in [0.2, 0.25) is 0 Å². The van der Waals surface area contributed by atoms with Gasteiger partial charge in [0.1, 0.15) is 29.5 Å². The molecule has 0 aliphatic carbocycles. The topological polar surface area (TPSA) is 104 Å². The van der Waals surface area contributed by atoms with Crippen molar-refractivity contribution in [1.29, 1.82) is 0 Å². The summed E-state index contributed by atoms with van der Waals surface area (Å²) in [5.74, 6) is 0. The highest BCUT2D eigenvalue weighted by Crippen LogP contribution is 2.31. The third-order valence-corrected chi connectivity index (χ3v) is 3.60. The summed E-state index contributed by atoms with van der Waals surface area (Å²) < 4.78 is 7.59. The Morgan fingerprint density at radius 2 is 2.21 bits per heavy atom. The van der Waals surface area contributed by atoms with Crippen molar-refractivity contribution in [2.75, 3.05) is 6.61 Å². The maximum atomic E-state index is 9.98. The van der Waals surface area contributed by atoms with Crippen LogP contribution in [0.25, 0.3) is 11.2 Å². The first-order valence-electron chi connectivity index (χ1n) is 5.80. The molecule has 102 valence electrons. The SMILES string of the molecule is OC[C@@H]1O[C@H](n2cnc3c(=S)cc[nH]c32)[C@@H](O)[C@H]1O. The fourth-order valence-corrected chi connectivity index (χ4v) is 2.48. The molecule has 0 amide bonds. The Labute approximate surface area is 113 Å². The number of rotatable bonds is 2. The number of H-pyrrole nitrogens is 1. The molecule has 8 heteroatoms. The van der Waals surface area contributed by atoms with Gasteiger partial charge in [0, 0.05) is 6.20 Å². The second-order valence-corrected chi connectivity index (χ2v) is 4.86. The van der Waals surface area contributed by atoms with Crippen LogP contribution in [0.1, 0.15) is 6.23 Å². The molecule has 0 unspecified atom stereocenters. The Morgan fingerprint density at radius 3 is 2.89 bits per heavy atom. The Hall–Kier alpha value is -1.32. The number of aliphatic hydroxyl groups is 3. The van der Waals surface area contributed by atoms with Gasteiger partial charge in [-0.3, -0.25) is 4.57 Å². The third kappa shape index (κ3) is 1.88. The van der Waals surface area contributed by atoms with Gasteiger partial charge in [-0.2, -0.15) is 0 Å². The molecule has 3 heterocycles. The van der Waals surface area contributed by atoms with Crippen LogP contribution in [0.5, 0.6) is 0 Å². The van der Waals surface area contributed by atoms with E-state index in [0.29, 0.717) is 15.7 Å². The lowest BCUT2D eigenvalue weighted by atomic mass is 10.1. The van der Waals surface area contributed by atoms with Crippen LogP contribution in [0.15, 0.2) is 18.6 Å². The highest BCUT2D eigenvalue weighted by atomic mass is 32.1. The Balaban J connectivity index is 2.06. The molecule has 0 saturated carbocycles. The van der Waals surface area contributed by atoms with Gasteiger partial charge in [-0.15, -0.1) is 0 Å². The van der Waals surface area contributed by atoms with Gasteiger partial charge in [0.15, 0.2) is 6.23 Å². The first kappa shape index (κ1) is 12.7. The van der Waals surface area contributed by atoms with Gasteiger partial charge >= 0.3 is 0 Å². The fourth-order valence-electron chi connectivity index (χ4n) is 2.26. The van der Waals surface area contributed by atoms with E-state index < -0.39 is 24.5 Å². The van der Waals surface area contributed by atoms with Crippen LogP contribution in [0, 0.1) is 4.51 Å². The molecule has 0 spiro atoms. The lowest BCUT2D eigenvalue weighted by molar-refractivity contribution is -0.0511. The first-order chi connectivity index (χ1) is 9.13. The van der Waals surface area contributed by atoms with Gasteiger partial charge < -0.3 is 25.0 Å². The van der Waals surface area contributed by atoms with E-state index in [9.17, 15) is 10.2 Å². The van der Waals surface area contributed by atoms with Crippen LogP contribution in [0.3, 0.4) is 0 Å². The van der Waals surface area contributed by atoms with E-state index in [4.69, 9.17) is 22.1 Å². The standard InChI is InChI=1S/C11H13N3O4S/c15-3-5-8(16)9(17)11(18-5)14-4-13-7-6(19)1-2-12-10(7)14/h1-2,4-5,8-9,11,15-17H,3H2,(H,12,19)/t5-,8-,9-,11-/m0/s1. The number of nitrogens with zero attached hydrogens (tertiary/aromatic N) is 2. The van der Waals surface area contributed by atoms with Gasteiger partial charge in [0.05, 0.1) is 17.4 Å². The number of imidazole rings is 1. The number of hydrogen-bond donors (Lipinski definition) is 4. The van der Waals surface area contributed by atoms with Gasteiger partial charge in [0.25, 0.3) is 0 Å². The molecule has 2 aromatic rings. The summed E-state index contributed by atoms with van der Waals surface area (Å²) in [5, 5.41) is 28.8. The molecule has 19 heavy (non-hydrogen) atoms. The summed E-state index contributed by atoms with van der Waals surface area (Å²) in [6.07, 6.45) is -0.758. The molecule has 1 aliphatic heterocycles. The summed E-state index contributed by atoms with van der Waals surface area (Å²) in [5.41, 5.74) is 1.19. The van der Waals surface area contributed by atoms with Crippen molar-refractivity contribution in [3.8, 4) is 0 Å². The van der Waals surface area contributed by atoms with E-state index in [1.165, 1.54) is 6.33 Å². The van der Waals surface area contributed by atoms with Crippen LogP contribution in [-0.2, 0) is 4.74 Å². The minimum absolute atomic E-state index is 0.364. The number of hydrogen-bond acceptors (Lipinski definition) is 6. The zero-order valence-electron chi connectivity index (χ0n) is 9.80. The Bertz CT molecular complexity index is 655. The minimum Gasteiger partial charge on any atom is -0.394 e. The largest absolute Gasteiger partial charge is 0.394 e. The van der Waals surface area contributed by atoms with E-state index in [-0.39, 0.29) is 6.61 Å². The number of nitrogens with one attached hydrogen (secondary N) is 1. The molecule has 0 radical (unpaired) electrons. The smallest absolute Gasteiger partial charge is 0.165 e. The molecule has 7 nitrogen and oxygen atoms in total. The molecule has 1 fully saturated rings. The van der Waals surface area contributed by atoms with Crippen LogP contribution in [0.4, 0.5) is 0 Å². The second kappa shape index (κ2) is 4.66. The molecule has 4 atom stereocenters. The van der Waals surface area contributed by atoms with E-state index in [1.54, 1.807) is 16.8 Å². The summed E-state index contributed by atoms with van der Waals surface area (Å²) in [7, 11) is 0. The Morgan fingerprint density at radius 1 is 1.42 bits per heavy atom. The van der Waals surface area contributed by atoms with Crippen molar-refractivity contribution in [2.45, 2.75) is 24.5 Å². The molecule has 0 aromatic carbocycles. The van der Waals surface area contributed by atoms with Gasteiger partial charge in [0.2, 0.25) is 0 Å². The number of aliphatic hydroxyl groups excluding tert-OH is 3. The van der Waals surface area contributed by atoms with Gasteiger partial charge in [-0.1, -0.05) is 12.2 Å². The van der Waals surface area contributed by atoms with Crippen molar-refractivity contribution in [2.24, 2.45) is 0 Å². The minimum atomic E-state index is -1.14. The van der Waals surface area contributed by atoms with Crippen molar-refractivity contribution < 1.29 is 20.1 Å². The third-order valence-electron chi connectivity index (χ3n) is 3.27. The monoisotopic (exact) mass is 283 g/mol. The summed E-state index contributed by atoms with van der Waals surface area (Å²) >= 11 is 5.15. The predicted octanol–water partition coefficient (Wildman–Crippen LogP) is -0.295. The first-order valence-corrected chi connectivity index (χ1v) is 6.21. The molecule has 2 aromatic heterocycles. The fraction of sp³-hybridized carbons (Fsp3) is 0.455. The lowest BCUT2D eigenvalue weighted by Gasteiger charge is -2.16. The van der Waals surface area contributed by atoms with Crippen molar-refractivity contribution in [1.82, 2.24) is 14.5 Å². The van der Waals surface area contributed by atoms with Crippen molar-refractivity contribution >= 4 is 23.4 Å². The molecule has 0 bridgehead atoms. The van der Waals surface area contributed by atoms with E-state index in [1.807, 2.05) is 0 Å². The maximum absolute atomic E-state index is 9.98. The quantitative estimate of drug-likeness (QED) is 0.565. The average Bonchev–Trinajstić information content (AvgIpc) is 2.94. The highest BCUT2D eigenvalue weighted by molar-refractivity contribution is 7.71. The van der Waals surface area contributed by atoms with Gasteiger partial charge in [-0.05, 0) is 6.07 Å². The second-order valence-electron chi connectivity index (χ2n) is 4.42. The normalized spacial score (nSPS) is 31.1. The average molecular weight is 283 g/mol. The number of ether oxygens (including phenoxy) is 1. The summed E-state index contributed by atoms with van der Waals surface area (Å²) in [6.45, 7) is -0.364. The predicted molar refractivity (Wildman–Crippen MR) is 67.9 cm³/mol. The van der Waals surface area contributed by atoms with E-state index >= 15 is 0 Å². The van der Waals surface area contributed by atoms with Crippen LogP contribution >= 0.6 is 12.2 Å². The maximum Gasteiger partial charge on any atom is 0.165 e. The number of fused-ring (bicyclic) bond motifs is 1. The lowest BCUT2D eigenvalue weighted by Crippen LogP contribution is -2.33. The van der Waals surface area contributed by atoms with Crippen molar-refractivity contribution in [3.05, 3.63) is 23.1 Å². The van der Waals surface area contributed by atoms with Crippen LogP contribution < -0.4 is 0 Å². The van der Waals surface area contributed by atoms with Gasteiger partial charge in [-0.25, -0.2) is 4.98 Å². The molecular formula is C11H13N3O4S. The number of aromatic amines is 1. The molecule has 4 N–H and O–H groups in total. The molecule has 1 saturated heterocycles. The van der Waals surface area contributed by atoms with Crippen molar-refractivity contribution in [3.63, 3.8) is 0 Å². The van der Waals surface area contributed by atoms with E-state index in [2.05, 4.69) is 9.97 Å². The summed E-state index contributed by atoms with van der Waals surface area (Å²) in [4.78, 5) is 7.15. The summed E-state index contributed by atoms with van der Waals surface area (Å²) in [6, 6.07) is 1.71. The Kier molecular flexibility index (Phi) is 3.11. The van der Waals surface area contributed by atoms with E-state index in [0.717, 1.165) is 0 Å². The zero-order chi connectivity index (χ0) is 13.6. The zero-order valence-corrected chi connectivity index (χ0v) is 10.6. The molecule has 3 rings (SSSR count).